The van der Waals surface area contributed by atoms with Crippen LogP contribution in [0.15, 0.2) is 30.6 Å². The fourth-order valence-corrected chi connectivity index (χ4v) is 1.67. The van der Waals surface area contributed by atoms with Crippen LogP contribution < -0.4 is 0 Å². The molecule has 2 aromatic rings. The summed E-state index contributed by atoms with van der Waals surface area (Å²) in [5, 5.41) is 13.0. The number of hydrogen-bond donors (Lipinski definition) is 1. The molecule has 0 aromatic carbocycles. The van der Waals surface area contributed by atoms with Crippen LogP contribution in [0.3, 0.4) is 0 Å². The van der Waals surface area contributed by atoms with Crippen LogP contribution in [0.2, 0.25) is 0 Å². The molecule has 2 rings (SSSR count). The predicted octanol–water partition coefficient (Wildman–Crippen LogP) is 1.92. The molecule has 5 heteroatoms. The van der Waals surface area contributed by atoms with Crippen molar-refractivity contribution < 1.29 is 9.90 Å². The highest BCUT2D eigenvalue weighted by Crippen LogP contribution is 2.13. The van der Waals surface area contributed by atoms with Crippen LogP contribution in [-0.2, 0) is 6.42 Å². The van der Waals surface area contributed by atoms with E-state index in [-0.39, 0.29) is 5.69 Å². The summed E-state index contributed by atoms with van der Waals surface area (Å²) >= 11 is 0. The fourth-order valence-electron chi connectivity index (χ4n) is 1.67. The Balaban J connectivity index is 2.48. The first kappa shape index (κ1) is 11.3. The minimum absolute atomic E-state index is 0.0743. The molecule has 88 valence electrons. The van der Waals surface area contributed by atoms with Crippen LogP contribution in [0, 0.1) is 0 Å². The second-order valence-electron chi connectivity index (χ2n) is 3.69. The topological polar surface area (TPSA) is 68.0 Å². The summed E-state index contributed by atoms with van der Waals surface area (Å²) in [7, 11) is 0. The number of pyridine rings is 1. The van der Waals surface area contributed by atoms with Crippen molar-refractivity contribution in [1.29, 1.82) is 0 Å². The Labute approximate surface area is 98.7 Å². The van der Waals surface area contributed by atoms with Crippen molar-refractivity contribution in [2.24, 2.45) is 0 Å². The normalized spacial score (nSPS) is 10.4. The van der Waals surface area contributed by atoms with Gasteiger partial charge in [-0.2, -0.15) is 5.10 Å². The molecule has 0 amide bonds. The lowest BCUT2D eigenvalue weighted by atomic mass is 10.2. The third kappa shape index (κ3) is 2.33. The van der Waals surface area contributed by atoms with Gasteiger partial charge in [0.1, 0.15) is 0 Å². The van der Waals surface area contributed by atoms with Crippen molar-refractivity contribution in [2.45, 2.75) is 19.8 Å². The number of aromatic carboxylic acids is 1. The lowest BCUT2D eigenvalue weighted by Gasteiger charge is -2.05. The molecule has 5 nitrogen and oxygen atoms in total. The fraction of sp³-hybridized carbons (Fsp3) is 0.250. The van der Waals surface area contributed by atoms with E-state index in [4.69, 9.17) is 5.11 Å². The third-order valence-corrected chi connectivity index (χ3v) is 2.42. The van der Waals surface area contributed by atoms with Crippen molar-refractivity contribution in [2.75, 3.05) is 0 Å². The standard InChI is InChI=1S/C12H13N3O2/c1-2-3-10-8-11(12(16)17)14-15(10)9-4-6-13-7-5-9/h4-8H,2-3H2,1H3,(H,16,17). The average Bonchev–Trinajstić information content (AvgIpc) is 2.75. The Kier molecular flexibility index (Phi) is 3.18. The molecule has 0 saturated carbocycles. The van der Waals surface area contributed by atoms with E-state index < -0.39 is 5.97 Å². The minimum atomic E-state index is -1.00. The molecule has 0 aliphatic heterocycles. The number of carbonyl (C=O) groups is 1. The first-order valence-electron chi connectivity index (χ1n) is 5.45. The molecule has 0 fully saturated rings. The lowest BCUT2D eigenvalue weighted by molar-refractivity contribution is 0.0690. The van der Waals surface area contributed by atoms with Gasteiger partial charge in [-0.1, -0.05) is 13.3 Å². The maximum atomic E-state index is 10.9. The van der Waals surface area contributed by atoms with Gasteiger partial charge in [-0.05, 0) is 24.6 Å². The van der Waals surface area contributed by atoms with E-state index >= 15 is 0 Å². The summed E-state index contributed by atoms with van der Waals surface area (Å²) < 4.78 is 1.66. The minimum Gasteiger partial charge on any atom is -0.476 e. The van der Waals surface area contributed by atoms with Crippen LogP contribution in [0.1, 0.15) is 29.5 Å². The zero-order valence-corrected chi connectivity index (χ0v) is 9.50. The van der Waals surface area contributed by atoms with E-state index in [1.54, 1.807) is 35.3 Å². The second-order valence-corrected chi connectivity index (χ2v) is 3.69. The Morgan fingerprint density at radius 3 is 2.71 bits per heavy atom. The lowest BCUT2D eigenvalue weighted by Crippen LogP contribution is -2.03. The Morgan fingerprint density at radius 2 is 2.12 bits per heavy atom. The largest absolute Gasteiger partial charge is 0.476 e. The van der Waals surface area contributed by atoms with Gasteiger partial charge in [0.2, 0.25) is 0 Å². The zero-order chi connectivity index (χ0) is 12.3. The van der Waals surface area contributed by atoms with Gasteiger partial charge < -0.3 is 5.11 Å². The van der Waals surface area contributed by atoms with E-state index in [1.807, 2.05) is 6.92 Å². The summed E-state index contributed by atoms with van der Waals surface area (Å²) in [4.78, 5) is 14.8. The van der Waals surface area contributed by atoms with Crippen LogP contribution in [-0.4, -0.2) is 25.8 Å². The van der Waals surface area contributed by atoms with Gasteiger partial charge in [-0.3, -0.25) is 4.98 Å². The predicted molar refractivity (Wildman–Crippen MR) is 62.3 cm³/mol. The summed E-state index contributed by atoms with van der Waals surface area (Å²) in [6.07, 6.45) is 5.05. The molecular weight excluding hydrogens is 218 g/mol. The first-order valence-corrected chi connectivity index (χ1v) is 5.45. The molecule has 0 bridgehead atoms. The number of rotatable bonds is 4. The van der Waals surface area contributed by atoms with E-state index in [0.717, 1.165) is 24.2 Å². The highest BCUT2D eigenvalue weighted by atomic mass is 16.4. The van der Waals surface area contributed by atoms with Gasteiger partial charge in [-0.15, -0.1) is 0 Å². The van der Waals surface area contributed by atoms with Gasteiger partial charge in [0, 0.05) is 18.1 Å². The zero-order valence-electron chi connectivity index (χ0n) is 9.50. The Hall–Kier alpha value is -2.17. The number of aryl methyl sites for hydroxylation is 1. The first-order chi connectivity index (χ1) is 8.22. The molecule has 2 aromatic heterocycles. The van der Waals surface area contributed by atoms with E-state index in [9.17, 15) is 4.79 Å². The monoisotopic (exact) mass is 231 g/mol. The molecule has 1 N–H and O–H groups in total. The van der Waals surface area contributed by atoms with Crippen molar-refractivity contribution in [3.05, 3.63) is 42.0 Å². The number of hydrogen-bond acceptors (Lipinski definition) is 3. The Morgan fingerprint density at radius 1 is 1.41 bits per heavy atom. The number of carboxylic acid groups (broad SMARTS) is 1. The molecule has 0 spiro atoms. The van der Waals surface area contributed by atoms with Gasteiger partial charge in [0.25, 0.3) is 0 Å². The Bertz CT molecular complexity index is 520. The summed E-state index contributed by atoms with van der Waals surface area (Å²) in [6.45, 7) is 2.05. The molecule has 0 radical (unpaired) electrons. The van der Waals surface area contributed by atoms with Crippen LogP contribution in [0.5, 0.6) is 0 Å². The number of carboxylic acids is 1. The van der Waals surface area contributed by atoms with E-state index in [0.29, 0.717) is 0 Å². The van der Waals surface area contributed by atoms with E-state index in [2.05, 4.69) is 10.1 Å². The van der Waals surface area contributed by atoms with Crippen molar-refractivity contribution in [1.82, 2.24) is 14.8 Å². The molecular formula is C12H13N3O2. The second kappa shape index (κ2) is 4.78. The molecule has 17 heavy (non-hydrogen) atoms. The van der Waals surface area contributed by atoms with Gasteiger partial charge in [0.15, 0.2) is 5.69 Å². The quantitative estimate of drug-likeness (QED) is 0.872. The van der Waals surface area contributed by atoms with Crippen LogP contribution in [0.25, 0.3) is 5.69 Å². The van der Waals surface area contributed by atoms with Gasteiger partial charge in [-0.25, -0.2) is 9.48 Å². The SMILES string of the molecule is CCCc1cc(C(=O)O)nn1-c1ccncc1. The highest BCUT2D eigenvalue weighted by Gasteiger charge is 2.13. The molecule has 0 atom stereocenters. The van der Waals surface area contributed by atoms with Crippen molar-refractivity contribution in [3.8, 4) is 5.69 Å². The number of nitrogens with zero attached hydrogens (tertiary/aromatic N) is 3. The van der Waals surface area contributed by atoms with Gasteiger partial charge >= 0.3 is 5.97 Å². The molecule has 0 saturated heterocycles. The summed E-state index contributed by atoms with van der Waals surface area (Å²) in [5.41, 5.74) is 1.80. The summed E-state index contributed by atoms with van der Waals surface area (Å²) in [6, 6.07) is 5.22. The molecule has 0 aliphatic rings. The number of aromatic nitrogens is 3. The molecule has 0 unspecified atom stereocenters. The molecule has 0 aliphatic carbocycles. The van der Waals surface area contributed by atoms with Crippen LogP contribution in [0.4, 0.5) is 0 Å². The molecule has 2 heterocycles. The van der Waals surface area contributed by atoms with Crippen molar-refractivity contribution >= 4 is 5.97 Å². The summed E-state index contributed by atoms with van der Waals surface area (Å²) in [5.74, 6) is -1.00. The maximum Gasteiger partial charge on any atom is 0.356 e. The highest BCUT2D eigenvalue weighted by molar-refractivity contribution is 5.85. The third-order valence-electron chi connectivity index (χ3n) is 2.42. The maximum absolute atomic E-state index is 10.9. The van der Waals surface area contributed by atoms with Crippen LogP contribution >= 0.6 is 0 Å². The smallest absolute Gasteiger partial charge is 0.356 e. The van der Waals surface area contributed by atoms with E-state index in [1.165, 1.54) is 0 Å². The average molecular weight is 231 g/mol. The van der Waals surface area contributed by atoms with Gasteiger partial charge in [0.05, 0.1) is 5.69 Å². The van der Waals surface area contributed by atoms with Crippen molar-refractivity contribution in [3.63, 3.8) is 0 Å².